The number of aromatic hydroxyl groups is 1. The standard InChI is InChI=1S/C10H11NO3/c1-3-4-8-9(11(13)14)6-5-7(2)10(8)12/h3,5-6,12H,1,4H2,2H3. The van der Waals surface area contributed by atoms with E-state index in [1.165, 1.54) is 18.2 Å². The molecule has 0 saturated carbocycles. The maximum atomic E-state index is 10.6. The van der Waals surface area contributed by atoms with Gasteiger partial charge in [-0.15, -0.1) is 6.58 Å². The topological polar surface area (TPSA) is 63.4 Å². The fourth-order valence-corrected chi connectivity index (χ4v) is 1.26. The molecule has 0 fully saturated rings. The van der Waals surface area contributed by atoms with Crippen molar-refractivity contribution in [2.45, 2.75) is 13.3 Å². The highest BCUT2D eigenvalue weighted by Gasteiger charge is 2.17. The SMILES string of the molecule is C=CCc1c([N+](=O)[O-])ccc(C)c1O. The highest BCUT2D eigenvalue weighted by Crippen LogP contribution is 2.31. The number of aryl methyl sites for hydroxylation is 1. The third-order valence-corrected chi connectivity index (χ3v) is 2.00. The molecule has 0 aliphatic heterocycles. The zero-order chi connectivity index (χ0) is 10.7. The summed E-state index contributed by atoms with van der Waals surface area (Å²) in [4.78, 5) is 10.1. The molecular weight excluding hydrogens is 182 g/mol. The van der Waals surface area contributed by atoms with E-state index in [2.05, 4.69) is 6.58 Å². The van der Waals surface area contributed by atoms with Gasteiger partial charge in [-0.25, -0.2) is 0 Å². The Labute approximate surface area is 81.6 Å². The fourth-order valence-electron chi connectivity index (χ4n) is 1.26. The third kappa shape index (κ3) is 1.74. The Kier molecular flexibility index (Phi) is 2.86. The number of benzene rings is 1. The predicted molar refractivity (Wildman–Crippen MR) is 53.4 cm³/mol. The van der Waals surface area contributed by atoms with Gasteiger partial charge in [0.1, 0.15) is 5.75 Å². The van der Waals surface area contributed by atoms with Crippen LogP contribution in [0, 0.1) is 17.0 Å². The second-order valence-electron chi connectivity index (χ2n) is 2.98. The van der Waals surface area contributed by atoms with Crippen LogP contribution in [0.15, 0.2) is 24.8 Å². The normalized spacial score (nSPS) is 9.79. The molecule has 0 unspecified atom stereocenters. The Bertz CT molecular complexity index is 385. The van der Waals surface area contributed by atoms with Crippen LogP contribution in [0.1, 0.15) is 11.1 Å². The second kappa shape index (κ2) is 3.91. The Hall–Kier alpha value is -1.84. The molecular formula is C10H11NO3. The Morgan fingerprint density at radius 2 is 2.29 bits per heavy atom. The molecule has 74 valence electrons. The maximum absolute atomic E-state index is 10.6. The number of phenols is 1. The number of allylic oxidation sites excluding steroid dienone is 1. The molecule has 0 saturated heterocycles. The lowest BCUT2D eigenvalue weighted by molar-refractivity contribution is -0.385. The van der Waals surface area contributed by atoms with Crippen molar-refractivity contribution in [2.24, 2.45) is 0 Å². The van der Waals surface area contributed by atoms with Crippen molar-refractivity contribution in [3.05, 3.63) is 46.0 Å². The minimum atomic E-state index is -0.502. The molecule has 0 atom stereocenters. The minimum absolute atomic E-state index is 0.0147. The first-order valence-electron chi connectivity index (χ1n) is 4.14. The van der Waals surface area contributed by atoms with Gasteiger partial charge >= 0.3 is 0 Å². The number of rotatable bonds is 3. The van der Waals surface area contributed by atoms with Crippen LogP contribution in [0.3, 0.4) is 0 Å². The maximum Gasteiger partial charge on any atom is 0.276 e. The first kappa shape index (κ1) is 10.2. The van der Waals surface area contributed by atoms with Crippen molar-refractivity contribution in [1.29, 1.82) is 0 Å². The van der Waals surface area contributed by atoms with Gasteiger partial charge in [0.15, 0.2) is 0 Å². The van der Waals surface area contributed by atoms with Gasteiger partial charge in [-0.2, -0.15) is 0 Å². The molecule has 0 radical (unpaired) electrons. The largest absolute Gasteiger partial charge is 0.507 e. The quantitative estimate of drug-likeness (QED) is 0.455. The summed E-state index contributed by atoms with van der Waals surface area (Å²) in [5, 5.41) is 20.2. The van der Waals surface area contributed by atoms with E-state index in [0.717, 1.165) is 0 Å². The fraction of sp³-hybridized carbons (Fsp3) is 0.200. The number of hydrogen-bond acceptors (Lipinski definition) is 3. The van der Waals surface area contributed by atoms with E-state index < -0.39 is 4.92 Å². The van der Waals surface area contributed by atoms with Gasteiger partial charge in [-0.3, -0.25) is 10.1 Å². The zero-order valence-corrected chi connectivity index (χ0v) is 7.86. The molecule has 1 aromatic carbocycles. The van der Waals surface area contributed by atoms with E-state index in [1.54, 1.807) is 6.92 Å². The number of hydrogen-bond donors (Lipinski definition) is 1. The average molecular weight is 193 g/mol. The second-order valence-corrected chi connectivity index (χ2v) is 2.98. The van der Waals surface area contributed by atoms with Gasteiger partial charge in [0.05, 0.1) is 10.5 Å². The van der Waals surface area contributed by atoms with Crippen molar-refractivity contribution >= 4 is 5.69 Å². The van der Waals surface area contributed by atoms with Crippen molar-refractivity contribution in [1.82, 2.24) is 0 Å². The summed E-state index contributed by atoms with van der Waals surface area (Å²) in [6.07, 6.45) is 1.82. The molecule has 0 amide bonds. The molecule has 0 aromatic heterocycles. The molecule has 14 heavy (non-hydrogen) atoms. The van der Waals surface area contributed by atoms with Crippen LogP contribution in [0.5, 0.6) is 5.75 Å². The number of nitro groups is 1. The van der Waals surface area contributed by atoms with Gasteiger partial charge in [0.25, 0.3) is 5.69 Å². The van der Waals surface area contributed by atoms with Crippen LogP contribution >= 0.6 is 0 Å². The zero-order valence-electron chi connectivity index (χ0n) is 7.86. The summed E-state index contributed by atoms with van der Waals surface area (Å²) in [5.74, 6) is -0.0147. The highest BCUT2D eigenvalue weighted by molar-refractivity contribution is 5.53. The third-order valence-electron chi connectivity index (χ3n) is 2.00. The molecule has 0 bridgehead atoms. The average Bonchev–Trinajstić information content (AvgIpc) is 2.13. The smallest absolute Gasteiger partial charge is 0.276 e. The lowest BCUT2D eigenvalue weighted by Crippen LogP contribution is -1.96. The predicted octanol–water partition coefficient (Wildman–Crippen LogP) is 2.34. The molecule has 1 aromatic rings. The molecule has 1 rings (SSSR count). The van der Waals surface area contributed by atoms with Gasteiger partial charge < -0.3 is 5.11 Å². The summed E-state index contributed by atoms with van der Waals surface area (Å²) < 4.78 is 0. The van der Waals surface area contributed by atoms with Gasteiger partial charge in [-0.05, 0) is 18.6 Å². The summed E-state index contributed by atoms with van der Waals surface area (Å²) in [7, 11) is 0. The van der Waals surface area contributed by atoms with Crippen LogP contribution in [-0.4, -0.2) is 10.0 Å². The van der Waals surface area contributed by atoms with Crippen molar-refractivity contribution < 1.29 is 10.0 Å². The molecule has 0 aliphatic carbocycles. The lowest BCUT2D eigenvalue weighted by Gasteiger charge is -2.05. The van der Waals surface area contributed by atoms with Crippen LogP contribution in [0.4, 0.5) is 5.69 Å². The van der Waals surface area contributed by atoms with E-state index in [9.17, 15) is 15.2 Å². The van der Waals surface area contributed by atoms with Gasteiger partial charge in [0.2, 0.25) is 0 Å². The van der Waals surface area contributed by atoms with Crippen molar-refractivity contribution in [3.8, 4) is 5.75 Å². The summed E-state index contributed by atoms with van der Waals surface area (Å²) in [6, 6.07) is 2.92. The van der Waals surface area contributed by atoms with Crippen molar-refractivity contribution in [3.63, 3.8) is 0 Å². The first-order valence-corrected chi connectivity index (χ1v) is 4.14. The monoisotopic (exact) mass is 193 g/mol. The Morgan fingerprint density at radius 3 is 2.79 bits per heavy atom. The van der Waals surface area contributed by atoms with Crippen molar-refractivity contribution in [2.75, 3.05) is 0 Å². The summed E-state index contributed by atoms with van der Waals surface area (Å²) in [5.41, 5.74) is 0.894. The Balaban J connectivity index is 3.36. The van der Waals surface area contributed by atoms with Crippen LogP contribution in [-0.2, 0) is 6.42 Å². The summed E-state index contributed by atoms with van der Waals surface area (Å²) in [6.45, 7) is 5.19. The number of phenolic OH excluding ortho intramolecular Hbond substituents is 1. The van der Waals surface area contributed by atoms with E-state index in [4.69, 9.17) is 0 Å². The van der Waals surface area contributed by atoms with Gasteiger partial charge in [-0.1, -0.05) is 6.08 Å². The van der Waals surface area contributed by atoms with Crippen LogP contribution < -0.4 is 0 Å². The highest BCUT2D eigenvalue weighted by atomic mass is 16.6. The van der Waals surface area contributed by atoms with E-state index in [1.807, 2.05) is 0 Å². The molecule has 4 nitrogen and oxygen atoms in total. The Morgan fingerprint density at radius 1 is 1.64 bits per heavy atom. The van der Waals surface area contributed by atoms with Crippen LogP contribution in [0.2, 0.25) is 0 Å². The molecule has 1 N–H and O–H groups in total. The molecule has 0 aliphatic rings. The minimum Gasteiger partial charge on any atom is -0.507 e. The van der Waals surface area contributed by atoms with E-state index in [-0.39, 0.29) is 11.4 Å². The van der Waals surface area contributed by atoms with E-state index >= 15 is 0 Å². The summed E-state index contributed by atoms with van der Waals surface area (Å²) >= 11 is 0. The van der Waals surface area contributed by atoms with E-state index in [0.29, 0.717) is 17.5 Å². The molecule has 0 heterocycles. The van der Waals surface area contributed by atoms with Gasteiger partial charge in [0, 0.05) is 12.5 Å². The van der Waals surface area contributed by atoms with Crippen LogP contribution in [0.25, 0.3) is 0 Å². The molecule has 0 spiro atoms. The number of nitro benzene ring substituents is 1. The number of nitrogens with zero attached hydrogens (tertiary/aromatic N) is 1. The first-order chi connectivity index (χ1) is 6.57. The lowest BCUT2D eigenvalue weighted by atomic mass is 10.0. The molecule has 4 heteroatoms.